The summed E-state index contributed by atoms with van der Waals surface area (Å²) in [6, 6.07) is 15.6. The summed E-state index contributed by atoms with van der Waals surface area (Å²) >= 11 is 1.58. The number of nitrogen functional groups attached to an aromatic ring is 1. The van der Waals surface area contributed by atoms with Crippen LogP contribution in [0.4, 0.5) is 11.5 Å². The lowest BCUT2D eigenvalue weighted by atomic mass is 9.76. The Kier molecular flexibility index (Phi) is 29.5. The number of nitrogens with zero attached hydrogens (tertiary/aromatic N) is 7. The van der Waals surface area contributed by atoms with E-state index in [-0.39, 0.29) is 179 Å². The van der Waals surface area contributed by atoms with E-state index < -0.39 is 29.5 Å². The number of aryl methyl sites for hydroxylation is 3. The molecule has 5 aromatic rings. The fraction of sp³-hybridized carbons (Fsp3) is 0.538. The van der Waals surface area contributed by atoms with Gasteiger partial charge in [-0.3, -0.25) is 57.8 Å². The quantitative estimate of drug-likeness (QED) is 0.0162. The van der Waals surface area contributed by atoms with E-state index in [9.17, 15) is 53.1 Å². The molecular weight excluding hydrogens is 1330 g/mol. The highest BCUT2D eigenvalue weighted by atomic mass is 32.1. The van der Waals surface area contributed by atoms with Crippen molar-refractivity contribution >= 4 is 81.3 Å². The molecule has 5 amide bonds. The number of amides is 5. The minimum absolute atomic E-state index is 0.0147. The predicted octanol–water partition coefficient (Wildman–Crippen LogP) is 8.55. The van der Waals surface area contributed by atoms with E-state index in [1.54, 1.807) is 23.7 Å². The van der Waals surface area contributed by atoms with Gasteiger partial charge in [0.1, 0.15) is 17.3 Å². The smallest absolute Gasteiger partial charge is 0.253 e. The van der Waals surface area contributed by atoms with Crippen molar-refractivity contribution in [1.82, 2.24) is 40.4 Å². The van der Waals surface area contributed by atoms with Crippen molar-refractivity contribution < 1.29 is 67.3 Å². The second-order valence-electron chi connectivity index (χ2n) is 28.6. The zero-order valence-electron chi connectivity index (χ0n) is 59.9. The highest BCUT2D eigenvalue weighted by Gasteiger charge is 2.44. The van der Waals surface area contributed by atoms with Crippen LogP contribution >= 0.6 is 11.3 Å². The molecule has 2 saturated heterocycles. The number of anilines is 2. The fourth-order valence-corrected chi connectivity index (χ4v) is 14.6. The number of β-amino-alcohol motifs (C(OH)–C–C–N with tert-alkyl or cyclic N) is 1. The summed E-state index contributed by atoms with van der Waals surface area (Å²) in [6.45, 7) is 11.8. The molecule has 9 rings (SSSR count). The Morgan fingerprint density at radius 2 is 1.45 bits per heavy atom. The van der Waals surface area contributed by atoms with Gasteiger partial charge in [-0.2, -0.15) is 0 Å². The topological polar surface area (TPSA) is 330 Å². The molecule has 25 heteroatoms. The number of morpholine rings is 1. The minimum atomic E-state index is -0.914. The molecule has 5 N–H and O–H groups in total. The van der Waals surface area contributed by atoms with Crippen molar-refractivity contribution in [3.05, 3.63) is 119 Å². The fourth-order valence-electron chi connectivity index (χ4n) is 13.8. The van der Waals surface area contributed by atoms with Crippen molar-refractivity contribution in [1.29, 1.82) is 0 Å². The molecule has 1 aliphatic carbocycles. The molecule has 4 atom stereocenters. The number of Topliss-reactive ketones (excluding diaryl/α,β-unsaturated/α-hetero) is 5. The summed E-state index contributed by atoms with van der Waals surface area (Å²) < 4.78 is 17.0. The molecule has 1 saturated carbocycles. The van der Waals surface area contributed by atoms with Gasteiger partial charge in [0.05, 0.1) is 79.2 Å². The summed E-state index contributed by atoms with van der Waals surface area (Å²) in [7, 11) is 0. The van der Waals surface area contributed by atoms with Gasteiger partial charge in [-0.25, -0.2) is 15.0 Å². The van der Waals surface area contributed by atoms with Crippen LogP contribution in [0.15, 0.2) is 90.9 Å². The molecule has 0 radical (unpaired) electrons. The largest absolute Gasteiger partial charge is 0.391 e. The van der Waals surface area contributed by atoms with Crippen LogP contribution < -0.4 is 21.3 Å². The SMILES string of the molecule is Cc1ncsc1-c1ccc(CCC(=O)[C@@H]2C[C@@H](O)CN2C(=O)[C@@H](CC(=O)CCOCCOCCCC(=O)CC[C@H](NC(=O)CCCCCNC(=O)C2CCC(CN3C(=O)C=CC3=O)CC2)C(=O)CCc2ccc(-c3cnc(N)c(C(=O)Cc4cnccc4N4CCOCC4)n3)cc2)C(C)(C)C)cc1. The van der Waals surface area contributed by atoms with Gasteiger partial charge in [0.25, 0.3) is 11.8 Å². The maximum atomic E-state index is 14.2. The number of rotatable bonds is 40. The summed E-state index contributed by atoms with van der Waals surface area (Å²) in [5, 5.41) is 16.7. The highest BCUT2D eigenvalue weighted by Crippen LogP contribution is 2.36. The maximum absolute atomic E-state index is 14.2. The monoisotopic (exact) mass is 1430 g/mol. The van der Waals surface area contributed by atoms with Crippen molar-refractivity contribution in [2.24, 2.45) is 23.2 Å². The molecule has 6 heterocycles. The number of aromatic nitrogens is 4. The Hall–Kier alpha value is -8.62. The van der Waals surface area contributed by atoms with Gasteiger partial charge < -0.3 is 45.5 Å². The Balaban J connectivity index is 0.692. The van der Waals surface area contributed by atoms with Crippen LogP contribution in [0, 0.1) is 30.1 Å². The molecule has 552 valence electrons. The van der Waals surface area contributed by atoms with E-state index in [1.807, 2.05) is 87.8 Å². The van der Waals surface area contributed by atoms with E-state index >= 15 is 0 Å². The van der Waals surface area contributed by atoms with Crippen LogP contribution in [0.25, 0.3) is 21.7 Å². The number of hydrogen-bond acceptors (Lipinski definition) is 21. The summed E-state index contributed by atoms with van der Waals surface area (Å²) in [5.41, 5.74) is 14.1. The van der Waals surface area contributed by atoms with Crippen LogP contribution in [-0.2, 0) is 76.6 Å². The van der Waals surface area contributed by atoms with E-state index in [2.05, 4.69) is 35.5 Å². The van der Waals surface area contributed by atoms with Crippen LogP contribution in [0.3, 0.4) is 0 Å². The van der Waals surface area contributed by atoms with Crippen molar-refractivity contribution in [2.75, 3.05) is 83.0 Å². The number of carbonyl (C=O) groups excluding carboxylic acids is 10. The van der Waals surface area contributed by atoms with E-state index in [4.69, 9.17) is 19.9 Å². The van der Waals surface area contributed by atoms with Gasteiger partial charge in [0.2, 0.25) is 17.7 Å². The van der Waals surface area contributed by atoms with Crippen LogP contribution in [-0.4, -0.2) is 184 Å². The molecule has 3 aromatic heterocycles. The number of unbranched alkanes of at least 4 members (excludes halogenated alkanes) is 2. The molecule has 3 fully saturated rings. The van der Waals surface area contributed by atoms with Crippen LogP contribution in [0.5, 0.6) is 0 Å². The molecule has 0 bridgehead atoms. The van der Waals surface area contributed by atoms with Crippen molar-refractivity contribution in [3.63, 3.8) is 0 Å². The third-order valence-corrected chi connectivity index (χ3v) is 20.9. The number of thiazole rings is 1. The number of benzene rings is 2. The number of carbonyl (C=O) groups is 10. The van der Waals surface area contributed by atoms with Gasteiger partial charge in [-0.15, -0.1) is 11.3 Å². The van der Waals surface area contributed by atoms with Gasteiger partial charge in [-0.05, 0) is 105 Å². The van der Waals surface area contributed by atoms with E-state index in [0.717, 1.165) is 51.4 Å². The highest BCUT2D eigenvalue weighted by molar-refractivity contribution is 7.13. The Morgan fingerprint density at radius 3 is 2.14 bits per heavy atom. The lowest BCUT2D eigenvalue weighted by Gasteiger charge is -2.34. The number of ether oxygens (including phenoxy) is 3. The Morgan fingerprint density at radius 1 is 0.757 bits per heavy atom. The third-order valence-electron chi connectivity index (χ3n) is 19.9. The molecule has 2 aromatic carbocycles. The first-order chi connectivity index (χ1) is 49.6. The average Bonchev–Trinajstić information content (AvgIpc) is 1.79. The summed E-state index contributed by atoms with van der Waals surface area (Å²) in [5.74, 6) is -2.83. The molecule has 0 unspecified atom stereocenters. The second-order valence-corrected chi connectivity index (χ2v) is 29.4. The lowest BCUT2D eigenvalue weighted by molar-refractivity contribution is -0.146. The third kappa shape index (κ3) is 23.4. The minimum Gasteiger partial charge on any atom is -0.391 e. The number of hydrogen-bond donors (Lipinski definition) is 4. The Bertz CT molecular complexity index is 3770. The normalized spacial score (nSPS) is 18.2. The summed E-state index contributed by atoms with van der Waals surface area (Å²) in [6.07, 6.45) is 13.5. The number of nitrogens with one attached hydrogen (secondary N) is 2. The first-order valence-corrected chi connectivity index (χ1v) is 37.3. The Labute approximate surface area is 607 Å². The number of ketones is 5. The molecule has 103 heavy (non-hydrogen) atoms. The molecule has 24 nitrogen and oxygen atoms in total. The number of nitrogens with two attached hydrogens (primary N) is 1. The molecule has 3 aliphatic heterocycles. The zero-order chi connectivity index (χ0) is 73.4. The molecular formula is C78H100N10O14S. The number of aliphatic hydroxyl groups is 1. The average molecular weight is 1430 g/mol. The first-order valence-electron chi connectivity index (χ1n) is 36.4. The van der Waals surface area contributed by atoms with Gasteiger partial charge in [0.15, 0.2) is 23.2 Å². The number of imide groups is 1. The number of aliphatic hydroxyl groups excluding tert-OH is 1. The standard InChI is InChI=1S/C78H100N10O14S/c1-51-74(103-50-83-51)56-21-13-53(14-22-56)18-28-68(93)66-45-61(91)49-87(66)77(99)62(78(2,3)4)44-60(90)32-38-101-42-41-100-37-8-9-59(89)25-26-63(84-70(95)10-6-5-7-33-81-76(98)57-23-15-54(16-24-57)48-88-71(96)29-30-72(88)97)67(92)27-17-52-11-19-55(20-12-52)64-47-82-75(79)73(85-64)69(94)43-58-46-80-34-31-65(58)86-35-39-102-40-36-86/h11-14,19-22,29-31,34,46-47,50,54,57,61-63,66,91H,5-10,15-18,23-28,32-33,35-45,48-49H2,1-4H3,(H2,79,82)(H,81,98)(H,84,95)/t54?,57?,61-,62-,63+,66+/m1/s1. The van der Waals surface area contributed by atoms with E-state index in [0.29, 0.717) is 102 Å². The van der Waals surface area contributed by atoms with E-state index in [1.165, 1.54) is 28.1 Å². The predicted molar refractivity (Wildman–Crippen MR) is 389 cm³/mol. The lowest BCUT2D eigenvalue weighted by Crippen LogP contribution is -2.47. The van der Waals surface area contributed by atoms with Crippen molar-refractivity contribution in [3.8, 4) is 21.7 Å². The van der Waals surface area contributed by atoms with Crippen molar-refractivity contribution in [2.45, 2.75) is 174 Å². The molecule has 4 aliphatic rings. The van der Waals surface area contributed by atoms with Gasteiger partial charge >= 0.3 is 0 Å². The second kappa shape index (κ2) is 38.8. The van der Waals surface area contributed by atoms with Crippen LogP contribution in [0.1, 0.15) is 163 Å². The maximum Gasteiger partial charge on any atom is 0.253 e. The van der Waals surface area contributed by atoms with Gasteiger partial charge in [0, 0.05) is 150 Å². The summed E-state index contributed by atoms with van der Waals surface area (Å²) in [4.78, 5) is 157. The van der Waals surface area contributed by atoms with Crippen LogP contribution in [0.2, 0.25) is 0 Å². The zero-order valence-corrected chi connectivity index (χ0v) is 60.7. The molecule has 0 spiro atoms. The number of pyridine rings is 1. The first kappa shape index (κ1) is 78.5. The number of likely N-dealkylation sites (tertiary alicyclic amines) is 1. The van der Waals surface area contributed by atoms with Gasteiger partial charge in [-0.1, -0.05) is 75.7 Å².